The van der Waals surface area contributed by atoms with Gasteiger partial charge >= 0.3 is 0 Å². The van der Waals surface area contributed by atoms with E-state index in [0.29, 0.717) is 19.6 Å². The first kappa shape index (κ1) is 11.0. The van der Waals surface area contributed by atoms with Crippen LogP contribution in [0.25, 0.3) is 0 Å². The molecule has 78 valence electrons. The van der Waals surface area contributed by atoms with Crippen molar-refractivity contribution >= 4 is 0 Å². The first-order valence-electron chi connectivity index (χ1n) is 4.84. The molecule has 0 saturated heterocycles. The molecule has 1 aromatic carbocycles. The highest BCUT2D eigenvalue weighted by atomic mass is 19.1. The lowest BCUT2D eigenvalue weighted by Gasteiger charge is -2.05. The maximum absolute atomic E-state index is 11.7. The Balaban J connectivity index is 2.29. The summed E-state index contributed by atoms with van der Waals surface area (Å²) in [6.45, 7) is 0.851. The molecule has 0 unspecified atom stereocenters. The molecule has 0 bridgehead atoms. The summed E-state index contributed by atoms with van der Waals surface area (Å²) in [5.41, 5.74) is 6.54. The summed E-state index contributed by atoms with van der Waals surface area (Å²) in [6, 6.07) is 7.64. The predicted octanol–water partition coefficient (Wildman–Crippen LogP) is 2.27. The van der Waals surface area contributed by atoms with Crippen molar-refractivity contribution in [2.75, 3.05) is 13.3 Å². The number of ether oxygens (including phenoxy) is 1. The minimum Gasteiger partial charge on any atom is -0.494 e. The zero-order chi connectivity index (χ0) is 10.2. The van der Waals surface area contributed by atoms with E-state index in [1.165, 1.54) is 0 Å². The molecule has 0 aromatic heterocycles. The van der Waals surface area contributed by atoms with E-state index in [2.05, 4.69) is 0 Å². The second-order valence-corrected chi connectivity index (χ2v) is 3.09. The minimum atomic E-state index is -0.268. The van der Waals surface area contributed by atoms with Crippen LogP contribution in [0.4, 0.5) is 4.39 Å². The second kappa shape index (κ2) is 6.38. The van der Waals surface area contributed by atoms with Gasteiger partial charge in [0.1, 0.15) is 5.75 Å². The lowest BCUT2D eigenvalue weighted by Crippen LogP contribution is -1.99. The summed E-state index contributed by atoms with van der Waals surface area (Å²) in [7, 11) is 0. The van der Waals surface area contributed by atoms with Gasteiger partial charge in [-0.15, -0.1) is 0 Å². The molecule has 3 heteroatoms. The molecular formula is C11H16FNO. The number of hydrogen-bond acceptors (Lipinski definition) is 2. The lowest BCUT2D eigenvalue weighted by atomic mass is 10.2. The van der Waals surface area contributed by atoms with Crippen LogP contribution in [0.5, 0.6) is 5.75 Å². The Kier molecular flexibility index (Phi) is 5.00. The van der Waals surface area contributed by atoms with Gasteiger partial charge in [-0.25, -0.2) is 0 Å². The van der Waals surface area contributed by atoms with Crippen molar-refractivity contribution in [3.05, 3.63) is 29.8 Å². The number of unbranched alkanes of at least 4 members (excludes halogenated alkanes) is 1. The molecule has 2 N–H and O–H groups in total. The number of benzene rings is 1. The fraction of sp³-hybridized carbons (Fsp3) is 0.455. The largest absolute Gasteiger partial charge is 0.494 e. The second-order valence-electron chi connectivity index (χ2n) is 3.09. The Labute approximate surface area is 83.9 Å². The van der Waals surface area contributed by atoms with E-state index >= 15 is 0 Å². The number of rotatable bonds is 6. The molecular weight excluding hydrogens is 181 g/mol. The fourth-order valence-electron chi connectivity index (χ4n) is 1.11. The van der Waals surface area contributed by atoms with Gasteiger partial charge in [0.25, 0.3) is 0 Å². The van der Waals surface area contributed by atoms with E-state index in [0.717, 1.165) is 17.7 Å². The maximum atomic E-state index is 11.7. The number of nitrogens with two attached hydrogens (primary N) is 1. The first-order valence-corrected chi connectivity index (χ1v) is 4.84. The molecule has 0 aliphatic carbocycles. The molecule has 14 heavy (non-hydrogen) atoms. The van der Waals surface area contributed by atoms with Gasteiger partial charge in [-0.1, -0.05) is 12.1 Å². The van der Waals surface area contributed by atoms with Crippen molar-refractivity contribution in [3.63, 3.8) is 0 Å². The van der Waals surface area contributed by atoms with Crippen LogP contribution in [0, 0.1) is 0 Å². The maximum Gasteiger partial charge on any atom is 0.119 e. The summed E-state index contributed by atoms with van der Waals surface area (Å²) < 4.78 is 17.1. The summed E-state index contributed by atoms with van der Waals surface area (Å²) >= 11 is 0. The average Bonchev–Trinajstić information content (AvgIpc) is 2.25. The Morgan fingerprint density at radius 1 is 1.14 bits per heavy atom. The van der Waals surface area contributed by atoms with Crippen molar-refractivity contribution in [3.8, 4) is 5.75 Å². The first-order chi connectivity index (χ1) is 6.86. The van der Waals surface area contributed by atoms with Gasteiger partial charge in [0, 0.05) is 6.54 Å². The van der Waals surface area contributed by atoms with Gasteiger partial charge in [-0.05, 0) is 30.5 Å². The van der Waals surface area contributed by atoms with E-state index in [9.17, 15) is 4.39 Å². The Morgan fingerprint density at radius 3 is 2.43 bits per heavy atom. The normalized spacial score (nSPS) is 10.1. The standard InChI is InChI=1S/C11H16FNO/c12-7-1-2-8-14-11-5-3-10(9-13)4-6-11/h3-6H,1-2,7-9,13H2. The summed E-state index contributed by atoms with van der Waals surface area (Å²) in [5.74, 6) is 0.820. The van der Waals surface area contributed by atoms with E-state index < -0.39 is 0 Å². The van der Waals surface area contributed by atoms with Crippen LogP contribution in [-0.2, 0) is 6.54 Å². The van der Waals surface area contributed by atoms with Gasteiger partial charge in [-0.3, -0.25) is 4.39 Å². The van der Waals surface area contributed by atoms with Gasteiger partial charge < -0.3 is 10.5 Å². The minimum absolute atomic E-state index is 0.268. The molecule has 0 spiro atoms. The molecule has 2 nitrogen and oxygen atoms in total. The third-order valence-electron chi connectivity index (χ3n) is 1.96. The molecule has 0 aliphatic heterocycles. The van der Waals surface area contributed by atoms with Crippen LogP contribution in [0.2, 0.25) is 0 Å². The Morgan fingerprint density at radius 2 is 1.86 bits per heavy atom. The molecule has 0 heterocycles. The molecule has 0 aliphatic rings. The molecule has 0 saturated carbocycles. The number of hydrogen-bond donors (Lipinski definition) is 1. The van der Waals surface area contributed by atoms with Gasteiger partial charge in [0.2, 0.25) is 0 Å². The zero-order valence-corrected chi connectivity index (χ0v) is 8.21. The number of alkyl halides is 1. The van der Waals surface area contributed by atoms with Crippen LogP contribution in [-0.4, -0.2) is 13.3 Å². The van der Waals surface area contributed by atoms with Crippen LogP contribution in [0.1, 0.15) is 18.4 Å². The molecule has 1 rings (SSSR count). The van der Waals surface area contributed by atoms with Crippen molar-refractivity contribution in [1.29, 1.82) is 0 Å². The van der Waals surface area contributed by atoms with Crippen LogP contribution >= 0.6 is 0 Å². The van der Waals surface area contributed by atoms with Crippen LogP contribution in [0.3, 0.4) is 0 Å². The Hall–Kier alpha value is -1.09. The quantitative estimate of drug-likeness (QED) is 0.710. The van der Waals surface area contributed by atoms with Crippen molar-refractivity contribution in [2.24, 2.45) is 5.73 Å². The molecule has 0 amide bonds. The van der Waals surface area contributed by atoms with Crippen molar-refractivity contribution in [2.45, 2.75) is 19.4 Å². The third-order valence-corrected chi connectivity index (χ3v) is 1.96. The molecule has 0 fully saturated rings. The van der Waals surface area contributed by atoms with Crippen LogP contribution < -0.4 is 10.5 Å². The zero-order valence-electron chi connectivity index (χ0n) is 8.21. The van der Waals surface area contributed by atoms with E-state index in [-0.39, 0.29) is 6.67 Å². The monoisotopic (exact) mass is 197 g/mol. The predicted molar refractivity (Wildman–Crippen MR) is 55.0 cm³/mol. The lowest BCUT2D eigenvalue weighted by molar-refractivity contribution is 0.297. The summed E-state index contributed by atoms with van der Waals surface area (Å²) in [4.78, 5) is 0. The van der Waals surface area contributed by atoms with Gasteiger partial charge in [0.05, 0.1) is 13.3 Å². The molecule has 0 atom stereocenters. The van der Waals surface area contributed by atoms with Crippen LogP contribution in [0.15, 0.2) is 24.3 Å². The van der Waals surface area contributed by atoms with Crippen molar-refractivity contribution in [1.82, 2.24) is 0 Å². The summed E-state index contributed by atoms with van der Waals surface area (Å²) in [6.07, 6.45) is 1.33. The SMILES string of the molecule is NCc1ccc(OCCCCF)cc1. The molecule has 0 radical (unpaired) electrons. The fourth-order valence-corrected chi connectivity index (χ4v) is 1.11. The highest BCUT2D eigenvalue weighted by Gasteiger charge is 1.94. The average molecular weight is 197 g/mol. The van der Waals surface area contributed by atoms with E-state index in [1.54, 1.807) is 0 Å². The summed E-state index contributed by atoms with van der Waals surface area (Å²) in [5, 5.41) is 0. The van der Waals surface area contributed by atoms with Gasteiger partial charge in [-0.2, -0.15) is 0 Å². The van der Waals surface area contributed by atoms with E-state index in [1.807, 2.05) is 24.3 Å². The number of halogens is 1. The highest BCUT2D eigenvalue weighted by molar-refractivity contribution is 5.26. The third kappa shape index (κ3) is 3.75. The highest BCUT2D eigenvalue weighted by Crippen LogP contribution is 2.12. The topological polar surface area (TPSA) is 35.2 Å². The Bertz CT molecular complexity index is 248. The van der Waals surface area contributed by atoms with E-state index in [4.69, 9.17) is 10.5 Å². The van der Waals surface area contributed by atoms with Gasteiger partial charge in [0.15, 0.2) is 0 Å². The van der Waals surface area contributed by atoms with Crippen molar-refractivity contribution < 1.29 is 9.13 Å². The molecule has 1 aromatic rings. The smallest absolute Gasteiger partial charge is 0.119 e.